The zero-order chi connectivity index (χ0) is 36.7. The molecule has 0 radical (unpaired) electrons. The topological polar surface area (TPSA) is 17.4 Å². The Morgan fingerprint density at radius 2 is 1.17 bits per heavy atom. The second-order valence-corrected chi connectivity index (χ2v) is 11.4. The normalized spacial score (nSPS) is 13.3. The molecular formula is C42H25F3N2O. The molecule has 0 amide bonds. The highest BCUT2D eigenvalue weighted by Crippen LogP contribution is 2.47. The number of anilines is 3. The number of fused-ring (bicyclic) bond motifs is 5. The van der Waals surface area contributed by atoms with Crippen molar-refractivity contribution in [2.45, 2.75) is 0 Å². The van der Waals surface area contributed by atoms with Crippen LogP contribution in [-0.4, -0.2) is 4.57 Å². The van der Waals surface area contributed by atoms with Gasteiger partial charge in [-0.1, -0.05) is 84.9 Å². The number of para-hydroxylation sites is 5. The monoisotopic (exact) mass is 635 g/mol. The second-order valence-electron chi connectivity index (χ2n) is 11.4. The predicted molar refractivity (Wildman–Crippen MR) is 186 cm³/mol. The van der Waals surface area contributed by atoms with Gasteiger partial charge >= 0.3 is 0 Å². The standard InChI is InChI=1S/C42H25F3N2O/c43-28-24-35(44)40(36(45)25-28)27-18-22-31(23-19-27)46(29-8-2-1-3-9-29)30-20-16-26(17-21-30)32-10-6-11-33-34-12-7-15-39-42(34)47(41(32)33)37-13-4-5-14-38(37)48-39/h1-25H/i1D,2D,3D,8D,9D. The molecule has 1 aliphatic rings. The predicted octanol–water partition coefficient (Wildman–Crippen LogP) is 12.1. The number of hydrogen-bond acceptors (Lipinski definition) is 2. The van der Waals surface area contributed by atoms with Crippen LogP contribution in [-0.2, 0) is 0 Å². The minimum Gasteiger partial charge on any atom is -0.453 e. The fourth-order valence-corrected chi connectivity index (χ4v) is 6.63. The molecule has 0 aliphatic carbocycles. The third-order valence-electron chi connectivity index (χ3n) is 8.67. The maximum atomic E-state index is 14.7. The zero-order valence-electron chi connectivity index (χ0n) is 30.0. The summed E-state index contributed by atoms with van der Waals surface area (Å²) in [4.78, 5) is 1.51. The van der Waals surface area contributed by atoms with Gasteiger partial charge in [0.2, 0.25) is 0 Å². The third kappa shape index (κ3) is 4.37. The smallest absolute Gasteiger partial charge is 0.152 e. The fourth-order valence-electron chi connectivity index (χ4n) is 6.63. The lowest BCUT2D eigenvalue weighted by atomic mass is 10.0. The number of hydrogen-bond donors (Lipinski definition) is 0. The average Bonchev–Trinajstić information content (AvgIpc) is 3.51. The summed E-state index contributed by atoms with van der Waals surface area (Å²) in [6.07, 6.45) is 0. The Morgan fingerprint density at radius 3 is 1.88 bits per heavy atom. The maximum Gasteiger partial charge on any atom is 0.152 e. The van der Waals surface area contributed by atoms with Crippen molar-refractivity contribution >= 4 is 38.9 Å². The minimum atomic E-state index is -1.07. The van der Waals surface area contributed by atoms with Crippen LogP contribution < -0.4 is 9.64 Å². The van der Waals surface area contributed by atoms with Crippen LogP contribution in [0, 0.1) is 17.5 Å². The molecule has 48 heavy (non-hydrogen) atoms. The van der Waals surface area contributed by atoms with E-state index in [-0.39, 0.29) is 11.3 Å². The van der Waals surface area contributed by atoms with E-state index >= 15 is 0 Å². The molecule has 0 unspecified atom stereocenters. The largest absolute Gasteiger partial charge is 0.453 e. The molecule has 0 spiro atoms. The highest BCUT2D eigenvalue weighted by molar-refractivity contribution is 6.16. The molecule has 0 bridgehead atoms. The van der Waals surface area contributed by atoms with E-state index in [0.717, 1.165) is 50.1 Å². The van der Waals surface area contributed by atoms with E-state index < -0.39 is 53.2 Å². The quantitative estimate of drug-likeness (QED) is 0.187. The van der Waals surface area contributed by atoms with Gasteiger partial charge in [-0.15, -0.1) is 0 Å². The lowest BCUT2D eigenvalue weighted by Gasteiger charge is -2.26. The molecular weight excluding hydrogens is 605 g/mol. The van der Waals surface area contributed by atoms with Crippen LogP contribution in [0.3, 0.4) is 0 Å². The van der Waals surface area contributed by atoms with Gasteiger partial charge in [-0.3, -0.25) is 0 Å². The summed E-state index contributed by atoms with van der Waals surface area (Å²) in [5.74, 6) is -1.69. The van der Waals surface area contributed by atoms with Gasteiger partial charge in [0, 0.05) is 45.5 Å². The fraction of sp³-hybridized carbons (Fsp3) is 0. The Kier molecular flexibility index (Phi) is 5.26. The van der Waals surface area contributed by atoms with Crippen molar-refractivity contribution in [3.05, 3.63) is 169 Å². The van der Waals surface area contributed by atoms with Gasteiger partial charge in [0.25, 0.3) is 0 Å². The Morgan fingerprint density at radius 1 is 0.562 bits per heavy atom. The van der Waals surface area contributed by atoms with Crippen molar-refractivity contribution in [3.8, 4) is 39.4 Å². The molecule has 0 fully saturated rings. The van der Waals surface area contributed by atoms with Gasteiger partial charge in [-0.25, -0.2) is 13.2 Å². The van der Waals surface area contributed by atoms with E-state index in [1.54, 1.807) is 12.1 Å². The van der Waals surface area contributed by atoms with E-state index in [1.807, 2.05) is 60.7 Å². The summed E-state index contributed by atoms with van der Waals surface area (Å²) >= 11 is 0. The Bertz CT molecular complexity index is 2750. The van der Waals surface area contributed by atoms with Crippen LogP contribution >= 0.6 is 0 Å². The number of benzene rings is 7. The van der Waals surface area contributed by atoms with E-state index in [0.29, 0.717) is 23.5 Å². The van der Waals surface area contributed by atoms with Crippen molar-refractivity contribution in [1.82, 2.24) is 4.57 Å². The Balaban J connectivity index is 1.21. The Hall–Kier alpha value is -6.27. The van der Waals surface area contributed by atoms with E-state index in [9.17, 15) is 13.2 Å². The molecule has 0 N–H and O–H groups in total. The lowest BCUT2D eigenvalue weighted by Crippen LogP contribution is -2.09. The van der Waals surface area contributed by atoms with Gasteiger partial charge < -0.3 is 14.2 Å². The van der Waals surface area contributed by atoms with Crippen molar-refractivity contribution in [2.24, 2.45) is 0 Å². The van der Waals surface area contributed by atoms with Gasteiger partial charge in [-0.2, -0.15) is 0 Å². The first-order valence-corrected chi connectivity index (χ1v) is 15.2. The number of nitrogens with zero attached hydrogens (tertiary/aromatic N) is 2. The zero-order valence-corrected chi connectivity index (χ0v) is 25.0. The number of rotatable bonds is 5. The van der Waals surface area contributed by atoms with E-state index in [4.69, 9.17) is 11.6 Å². The van der Waals surface area contributed by atoms with Crippen LogP contribution in [0.2, 0.25) is 0 Å². The summed E-state index contributed by atoms with van der Waals surface area (Å²) in [5, 5.41) is 2.08. The van der Waals surface area contributed by atoms with E-state index in [1.165, 1.54) is 29.2 Å². The SMILES string of the molecule is [2H]c1c([2H])c([2H])c(N(c2ccc(-c3c(F)cc(F)cc3F)cc2)c2ccc(-c3cccc4c5cccc6c5n(c34)-c3ccccc3O6)cc2)c([2H])c1[2H]. The van der Waals surface area contributed by atoms with Crippen LogP contribution in [0.4, 0.5) is 30.2 Å². The van der Waals surface area contributed by atoms with Crippen LogP contribution in [0.5, 0.6) is 11.5 Å². The van der Waals surface area contributed by atoms with Gasteiger partial charge in [0.05, 0.1) is 29.1 Å². The van der Waals surface area contributed by atoms with Crippen molar-refractivity contribution in [3.63, 3.8) is 0 Å². The van der Waals surface area contributed by atoms with Crippen molar-refractivity contribution in [2.75, 3.05) is 4.90 Å². The van der Waals surface area contributed by atoms with Gasteiger partial charge in [0.1, 0.15) is 17.5 Å². The number of aromatic nitrogens is 1. The first kappa shape index (κ1) is 23.1. The van der Waals surface area contributed by atoms with Crippen LogP contribution in [0.25, 0.3) is 49.7 Å². The van der Waals surface area contributed by atoms with Crippen LogP contribution in [0.1, 0.15) is 6.85 Å². The maximum absolute atomic E-state index is 14.7. The molecule has 8 aromatic rings. The molecule has 9 rings (SSSR count). The molecule has 3 nitrogen and oxygen atoms in total. The molecule has 2 heterocycles. The lowest BCUT2D eigenvalue weighted by molar-refractivity contribution is 0.476. The number of ether oxygens (including phenoxy) is 1. The first-order chi connectivity index (χ1) is 25.6. The van der Waals surface area contributed by atoms with Gasteiger partial charge in [-0.05, 0) is 65.7 Å². The molecule has 0 atom stereocenters. The third-order valence-corrected chi connectivity index (χ3v) is 8.67. The number of halogens is 3. The molecule has 230 valence electrons. The summed E-state index contributed by atoms with van der Waals surface area (Å²) in [6.45, 7) is 0. The summed E-state index contributed by atoms with van der Waals surface area (Å²) in [6, 6.07) is 32.1. The average molecular weight is 636 g/mol. The molecule has 0 saturated carbocycles. The first-order valence-electron chi connectivity index (χ1n) is 17.7. The summed E-state index contributed by atoms with van der Waals surface area (Å²) in [5.41, 5.74) is 5.09. The highest BCUT2D eigenvalue weighted by Gasteiger charge is 2.25. The molecule has 1 aromatic heterocycles. The Labute approximate surface area is 281 Å². The van der Waals surface area contributed by atoms with Gasteiger partial charge in [0.15, 0.2) is 11.5 Å². The van der Waals surface area contributed by atoms with Crippen molar-refractivity contribution < 1.29 is 24.8 Å². The highest BCUT2D eigenvalue weighted by atomic mass is 19.1. The van der Waals surface area contributed by atoms with Crippen LogP contribution in [0.15, 0.2) is 152 Å². The minimum absolute atomic E-state index is 0.107. The molecule has 6 heteroatoms. The molecule has 1 aliphatic heterocycles. The summed E-state index contributed by atoms with van der Waals surface area (Å²) in [7, 11) is 0. The molecule has 0 saturated heterocycles. The van der Waals surface area contributed by atoms with E-state index in [2.05, 4.69) is 16.7 Å². The second kappa shape index (κ2) is 10.9. The van der Waals surface area contributed by atoms with Crippen molar-refractivity contribution in [1.29, 1.82) is 0 Å². The molecule has 7 aromatic carbocycles. The summed E-state index contributed by atoms with van der Waals surface area (Å²) < 4.78 is 94.1.